The SMILES string of the molecule is CCC(C)C(=O)OCCCCCCCCOC(=O)C(C)C[NH+]1CCC(CCCC2CC[NH+](C)CC2)CC1. The molecule has 2 aliphatic rings. The van der Waals surface area contributed by atoms with Gasteiger partial charge in [0.05, 0.1) is 58.9 Å². The third kappa shape index (κ3) is 14.0. The molecular formula is C31H60N2O4+2. The molecule has 6 heteroatoms. The number of nitrogens with one attached hydrogen (secondary N) is 2. The molecule has 0 amide bonds. The first-order chi connectivity index (χ1) is 17.9. The molecule has 2 unspecified atom stereocenters. The van der Waals surface area contributed by atoms with Crippen molar-refractivity contribution in [3.05, 3.63) is 0 Å². The minimum absolute atomic E-state index is 0.00347. The van der Waals surface area contributed by atoms with Crippen molar-refractivity contribution in [1.29, 1.82) is 0 Å². The molecule has 0 aromatic heterocycles. The van der Waals surface area contributed by atoms with Crippen LogP contribution in [0.15, 0.2) is 0 Å². The summed E-state index contributed by atoms with van der Waals surface area (Å²) in [5.74, 6) is 1.81. The van der Waals surface area contributed by atoms with Crippen molar-refractivity contribution in [2.75, 3.05) is 53.0 Å². The van der Waals surface area contributed by atoms with Crippen molar-refractivity contribution in [3.8, 4) is 0 Å². The second kappa shape index (κ2) is 19.0. The number of carbonyl (C=O) groups is 2. The van der Waals surface area contributed by atoms with Crippen molar-refractivity contribution in [3.63, 3.8) is 0 Å². The van der Waals surface area contributed by atoms with Gasteiger partial charge in [0.25, 0.3) is 0 Å². The fourth-order valence-corrected chi connectivity index (χ4v) is 5.96. The summed E-state index contributed by atoms with van der Waals surface area (Å²) in [6.07, 6.45) is 17.0. The topological polar surface area (TPSA) is 61.5 Å². The van der Waals surface area contributed by atoms with Gasteiger partial charge in [-0.2, -0.15) is 0 Å². The highest BCUT2D eigenvalue weighted by molar-refractivity contribution is 5.72. The summed E-state index contributed by atoms with van der Waals surface area (Å²) in [5, 5.41) is 0. The Morgan fingerprint density at radius 1 is 0.703 bits per heavy atom. The quantitative estimate of drug-likeness (QED) is 0.213. The van der Waals surface area contributed by atoms with Gasteiger partial charge in [0.1, 0.15) is 5.92 Å². The van der Waals surface area contributed by atoms with E-state index in [1.165, 1.54) is 71.1 Å². The Kier molecular flexibility index (Phi) is 16.5. The standard InChI is InChI=1S/C31H58N2O4/c1-5-26(2)30(34)36-23-10-8-6-7-9-11-24-37-31(35)27(3)25-33-21-17-29(18-22-33)14-12-13-28-15-19-32(4)20-16-28/h26-29H,5-25H2,1-4H3/p+2. The number of quaternary nitrogens is 2. The van der Waals surface area contributed by atoms with E-state index in [1.807, 2.05) is 20.8 Å². The smallest absolute Gasteiger partial charge is 0.314 e. The van der Waals surface area contributed by atoms with Crippen LogP contribution >= 0.6 is 0 Å². The second-order valence-corrected chi connectivity index (χ2v) is 12.4. The maximum atomic E-state index is 12.4. The lowest BCUT2D eigenvalue weighted by Crippen LogP contribution is -3.13. The summed E-state index contributed by atoms with van der Waals surface area (Å²) in [4.78, 5) is 27.4. The lowest BCUT2D eigenvalue weighted by molar-refractivity contribution is -0.908. The van der Waals surface area contributed by atoms with E-state index in [4.69, 9.17) is 9.47 Å². The number of hydrogen-bond acceptors (Lipinski definition) is 4. The van der Waals surface area contributed by atoms with Gasteiger partial charge < -0.3 is 19.3 Å². The zero-order valence-electron chi connectivity index (χ0n) is 24.8. The third-order valence-corrected chi connectivity index (χ3v) is 9.04. The Hall–Kier alpha value is -1.14. The minimum Gasteiger partial charge on any atom is -0.465 e. The number of hydrogen-bond donors (Lipinski definition) is 2. The Morgan fingerprint density at radius 2 is 1.16 bits per heavy atom. The molecule has 2 rings (SSSR count). The number of carbonyl (C=O) groups excluding carboxylic acids is 2. The van der Waals surface area contributed by atoms with Gasteiger partial charge in [0, 0.05) is 0 Å². The highest BCUT2D eigenvalue weighted by Crippen LogP contribution is 2.23. The van der Waals surface area contributed by atoms with Crippen molar-refractivity contribution < 1.29 is 28.9 Å². The van der Waals surface area contributed by atoms with Crippen molar-refractivity contribution >= 4 is 11.9 Å². The molecule has 0 aromatic carbocycles. The molecular weight excluding hydrogens is 464 g/mol. The summed E-state index contributed by atoms with van der Waals surface area (Å²) in [6.45, 7) is 13.1. The molecule has 0 radical (unpaired) electrons. The molecule has 2 fully saturated rings. The van der Waals surface area contributed by atoms with Crippen LogP contribution in [0, 0.1) is 23.7 Å². The summed E-state index contributed by atoms with van der Waals surface area (Å²) in [7, 11) is 2.33. The lowest BCUT2D eigenvalue weighted by Gasteiger charge is -2.31. The van der Waals surface area contributed by atoms with Gasteiger partial charge in [0.2, 0.25) is 0 Å². The Bertz CT molecular complexity index is 612. The van der Waals surface area contributed by atoms with Gasteiger partial charge in [-0.05, 0) is 63.7 Å². The Balaban J connectivity index is 1.40. The van der Waals surface area contributed by atoms with Gasteiger partial charge >= 0.3 is 11.9 Å². The van der Waals surface area contributed by atoms with Gasteiger partial charge in [0.15, 0.2) is 0 Å². The van der Waals surface area contributed by atoms with Crippen LogP contribution in [-0.2, 0) is 19.1 Å². The average Bonchev–Trinajstić information content (AvgIpc) is 2.91. The average molecular weight is 525 g/mol. The number of piperidine rings is 2. The monoisotopic (exact) mass is 524 g/mol. The van der Waals surface area contributed by atoms with Crippen LogP contribution in [0.1, 0.15) is 111 Å². The molecule has 0 spiro atoms. The summed E-state index contributed by atoms with van der Waals surface area (Å²) >= 11 is 0. The number of unbranched alkanes of at least 4 members (excludes halogenated alkanes) is 5. The molecule has 2 atom stereocenters. The molecule has 216 valence electrons. The predicted molar refractivity (Wildman–Crippen MR) is 150 cm³/mol. The van der Waals surface area contributed by atoms with Gasteiger partial charge in [-0.25, -0.2) is 0 Å². The first-order valence-corrected chi connectivity index (χ1v) is 15.9. The molecule has 2 aliphatic heterocycles. The molecule has 2 heterocycles. The number of ether oxygens (including phenoxy) is 2. The van der Waals surface area contributed by atoms with Crippen LogP contribution in [0.3, 0.4) is 0 Å². The number of rotatable bonds is 18. The second-order valence-electron chi connectivity index (χ2n) is 12.4. The zero-order valence-corrected chi connectivity index (χ0v) is 24.8. The Labute approximate surface area is 228 Å². The van der Waals surface area contributed by atoms with Crippen LogP contribution in [0.5, 0.6) is 0 Å². The van der Waals surface area contributed by atoms with E-state index < -0.39 is 0 Å². The van der Waals surface area contributed by atoms with E-state index >= 15 is 0 Å². The maximum absolute atomic E-state index is 12.4. The molecule has 0 saturated carbocycles. The van der Waals surface area contributed by atoms with Crippen LogP contribution in [0.2, 0.25) is 0 Å². The Morgan fingerprint density at radius 3 is 1.68 bits per heavy atom. The van der Waals surface area contributed by atoms with Crippen molar-refractivity contribution in [2.24, 2.45) is 23.7 Å². The molecule has 0 aromatic rings. The number of likely N-dealkylation sites (tertiary alicyclic amines) is 2. The lowest BCUT2D eigenvalue weighted by atomic mass is 9.87. The largest absolute Gasteiger partial charge is 0.465 e. The molecule has 0 aliphatic carbocycles. The molecule has 0 bridgehead atoms. The molecule has 6 nitrogen and oxygen atoms in total. The summed E-state index contributed by atoms with van der Waals surface area (Å²) in [6, 6.07) is 0. The van der Waals surface area contributed by atoms with Crippen LogP contribution in [0.25, 0.3) is 0 Å². The van der Waals surface area contributed by atoms with E-state index in [0.29, 0.717) is 13.2 Å². The van der Waals surface area contributed by atoms with Crippen molar-refractivity contribution in [2.45, 2.75) is 111 Å². The van der Waals surface area contributed by atoms with Gasteiger partial charge in [-0.1, -0.05) is 58.8 Å². The fraction of sp³-hybridized carbons (Fsp3) is 0.935. The fourth-order valence-electron chi connectivity index (χ4n) is 5.96. The molecule has 2 saturated heterocycles. The molecule has 2 N–H and O–H groups in total. The first kappa shape index (κ1) is 32.1. The van der Waals surface area contributed by atoms with Crippen molar-refractivity contribution in [1.82, 2.24) is 0 Å². The first-order valence-electron chi connectivity index (χ1n) is 15.9. The predicted octanol–water partition coefficient (Wildman–Crippen LogP) is 3.49. The van der Waals surface area contributed by atoms with Gasteiger partial charge in [-0.3, -0.25) is 9.59 Å². The highest BCUT2D eigenvalue weighted by atomic mass is 16.5. The van der Waals surface area contributed by atoms with E-state index in [9.17, 15) is 9.59 Å². The maximum Gasteiger partial charge on any atom is 0.314 e. The van der Waals surface area contributed by atoms with Crippen LogP contribution < -0.4 is 9.80 Å². The molecule has 37 heavy (non-hydrogen) atoms. The highest BCUT2D eigenvalue weighted by Gasteiger charge is 2.27. The minimum atomic E-state index is -0.0705. The third-order valence-electron chi connectivity index (χ3n) is 9.04. The summed E-state index contributed by atoms with van der Waals surface area (Å²) < 4.78 is 10.9. The van der Waals surface area contributed by atoms with Crippen LogP contribution in [-0.4, -0.2) is 64.9 Å². The summed E-state index contributed by atoms with van der Waals surface area (Å²) in [5.41, 5.74) is 0. The number of esters is 2. The van der Waals surface area contributed by atoms with E-state index in [-0.39, 0.29) is 23.8 Å². The normalized spacial score (nSPS) is 25.8. The van der Waals surface area contributed by atoms with E-state index in [2.05, 4.69) is 7.05 Å². The van der Waals surface area contributed by atoms with Gasteiger partial charge in [-0.15, -0.1) is 0 Å². The zero-order chi connectivity index (χ0) is 26.9. The van der Waals surface area contributed by atoms with E-state index in [1.54, 1.807) is 9.80 Å². The van der Waals surface area contributed by atoms with E-state index in [0.717, 1.165) is 63.3 Å². The van der Waals surface area contributed by atoms with Crippen LogP contribution in [0.4, 0.5) is 0 Å².